The zero-order valence-corrected chi connectivity index (χ0v) is 10.4. The monoisotopic (exact) mass is 262 g/mol. The van der Waals surface area contributed by atoms with Crippen molar-refractivity contribution in [3.8, 4) is 0 Å². The zero-order chi connectivity index (χ0) is 13.1. The topological polar surface area (TPSA) is 56.0 Å². The SMILES string of the molecule is Cc1cc(Cl)ccc1NC(=O)c1cc[n+]([O-])cc1. The van der Waals surface area contributed by atoms with Gasteiger partial charge in [0.25, 0.3) is 5.91 Å². The molecule has 0 spiro atoms. The molecule has 0 aliphatic carbocycles. The van der Waals surface area contributed by atoms with E-state index in [0.29, 0.717) is 21.0 Å². The quantitative estimate of drug-likeness (QED) is 0.668. The van der Waals surface area contributed by atoms with Gasteiger partial charge >= 0.3 is 0 Å². The van der Waals surface area contributed by atoms with Crippen molar-refractivity contribution in [1.82, 2.24) is 0 Å². The molecule has 1 N–H and O–H groups in total. The van der Waals surface area contributed by atoms with Gasteiger partial charge in [0.2, 0.25) is 0 Å². The average Bonchev–Trinajstić information content (AvgIpc) is 2.33. The van der Waals surface area contributed by atoms with Gasteiger partial charge in [0.1, 0.15) is 0 Å². The molecule has 1 aromatic carbocycles. The summed E-state index contributed by atoms with van der Waals surface area (Å²) in [6, 6.07) is 8.15. The lowest BCUT2D eigenvalue weighted by atomic mass is 10.2. The van der Waals surface area contributed by atoms with Crippen molar-refractivity contribution >= 4 is 23.2 Å². The molecule has 1 aromatic heterocycles. The summed E-state index contributed by atoms with van der Waals surface area (Å²) < 4.78 is 0.629. The Morgan fingerprint density at radius 1 is 1.28 bits per heavy atom. The van der Waals surface area contributed by atoms with E-state index >= 15 is 0 Å². The number of hydrogen-bond acceptors (Lipinski definition) is 2. The number of nitrogens with zero attached hydrogens (tertiary/aromatic N) is 1. The number of carbonyl (C=O) groups is 1. The van der Waals surface area contributed by atoms with Crippen LogP contribution in [0.3, 0.4) is 0 Å². The van der Waals surface area contributed by atoms with Crippen LogP contribution in [0.15, 0.2) is 42.7 Å². The molecule has 0 saturated carbocycles. The molecule has 2 aromatic rings. The highest BCUT2D eigenvalue weighted by molar-refractivity contribution is 6.30. The van der Waals surface area contributed by atoms with Crippen molar-refractivity contribution < 1.29 is 9.52 Å². The maximum Gasteiger partial charge on any atom is 0.256 e. The number of hydrogen-bond donors (Lipinski definition) is 1. The van der Waals surface area contributed by atoms with Crippen molar-refractivity contribution in [1.29, 1.82) is 0 Å². The molecule has 1 amide bonds. The fourth-order valence-electron chi connectivity index (χ4n) is 1.53. The van der Waals surface area contributed by atoms with E-state index in [9.17, 15) is 10.0 Å². The number of aromatic nitrogens is 1. The Morgan fingerprint density at radius 2 is 1.94 bits per heavy atom. The lowest BCUT2D eigenvalue weighted by molar-refractivity contribution is -0.605. The third-order valence-corrected chi connectivity index (χ3v) is 2.74. The van der Waals surface area contributed by atoms with E-state index < -0.39 is 0 Å². The number of pyridine rings is 1. The zero-order valence-electron chi connectivity index (χ0n) is 9.68. The second-order valence-corrected chi connectivity index (χ2v) is 4.30. The Bertz CT molecular complexity index is 582. The van der Waals surface area contributed by atoms with Gasteiger partial charge in [-0.25, -0.2) is 0 Å². The van der Waals surface area contributed by atoms with Crippen molar-refractivity contribution in [2.45, 2.75) is 6.92 Å². The number of benzene rings is 1. The molecule has 0 aliphatic heterocycles. The van der Waals surface area contributed by atoms with Gasteiger partial charge in [-0.15, -0.1) is 0 Å². The minimum Gasteiger partial charge on any atom is -0.619 e. The minimum absolute atomic E-state index is 0.263. The molecule has 0 fully saturated rings. The van der Waals surface area contributed by atoms with Crippen LogP contribution in [0.25, 0.3) is 0 Å². The first-order chi connectivity index (χ1) is 8.56. The molecule has 0 atom stereocenters. The van der Waals surface area contributed by atoms with Crippen molar-refractivity contribution in [3.63, 3.8) is 0 Å². The predicted octanol–water partition coefficient (Wildman–Crippen LogP) is 2.53. The third kappa shape index (κ3) is 2.78. The van der Waals surface area contributed by atoms with Gasteiger partial charge in [-0.05, 0) is 30.7 Å². The molecule has 1 heterocycles. The van der Waals surface area contributed by atoms with Gasteiger partial charge in [-0.1, -0.05) is 11.6 Å². The molecule has 0 unspecified atom stereocenters. The normalized spacial score (nSPS) is 10.1. The standard InChI is InChI=1S/C13H11ClN2O2/c1-9-8-11(14)2-3-12(9)15-13(17)10-4-6-16(18)7-5-10/h2-8H,1H3,(H,15,17). The van der Waals surface area contributed by atoms with Gasteiger partial charge in [-0.2, -0.15) is 4.73 Å². The van der Waals surface area contributed by atoms with E-state index in [4.69, 9.17) is 11.6 Å². The summed E-state index contributed by atoms with van der Waals surface area (Å²) in [4.78, 5) is 11.9. The first kappa shape index (κ1) is 12.4. The second-order valence-electron chi connectivity index (χ2n) is 3.86. The fourth-order valence-corrected chi connectivity index (χ4v) is 1.75. The van der Waals surface area contributed by atoms with Crippen LogP contribution in [-0.4, -0.2) is 5.91 Å². The smallest absolute Gasteiger partial charge is 0.256 e. The number of anilines is 1. The van der Waals surface area contributed by atoms with Gasteiger partial charge in [0.05, 0.1) is 5.56 Å². The van der Waals surface area contributed by atoms with Crippen molar-refractivity contribution in [2.24, 2.45) is 0 Å². The Hall–Kier alpha value is -2.07. The number of nitrogens with one attached hydrogen (secondary N) is 1. The average molecular weight is 263 g/mol. The number of rotatable bonds is 2. The molecule has 2 rings (SSSR count). The lowest BCUT2D eigenvalue weighted by Crippen LogP contribution is -2.25. The molecule has 92 valence electrons. The number of aryl methyl sites for hydroxylation is 1. The maximum absolute atomic E-state index is 11.9. The van der Waals surface area contributed by atoms with Crippen LogP contribution < -0.4 is 10.0 Å². The molecule has 0 aliphatic rings. The molecule has 0 bridgehead atoms. The van der Waals surface area contributed by atoms with Crippen LogP contribution in [0, 0.1) is 12.1 Å². The Labute approximate surface area is 109 Å². The molecule has 5 heteroatoms. The van der Waals surface area contributed by atoms with E-state index in [2.05, 4.69) is 5.32 Å². The predicted molar refractivity (Wildman–Crippen MR) is 69.5 cm³/mol. The summed E-state index contributed by atoms with van der Waals surface area (Å²) in [6.07, 6.45) is 2.56. The summed E-state index contributed by atoms with van der Waals surface area (Å²) in [6.45, 7) is 1.86. The Balaban J connectivity index is 2.18. The maximum atomic E-state index is 11.9. The number of carbonyl (C=O) groups excluding carboxylic acids is 1. The van der Waals surface area contributed by atoms with E-state index in [1.54, 1.807) is 18.2 Å². The summed E-state index contributed by atoms with van der Waals surface area (Å²) in [7, 11) is 0. The summed E-state index contributed by atoms with van der Waals surface area (Å²) >= 11 is 5.84. The van der Waals surface area contributed by atoms with E-state index in [1.165, 1.54) is 24.5 Å². The Morgan fingerprint density at radius 3 is 2.56 bits per heavy atom. The first-order valence-electron chi connectivity index (χ1n) is 5.32. The summed E-state index contributed by atoms with van der Waals surface area (Å²) in [5, 5.41) is 14.3. The molecular weight excluding hydrogens is 252 g/mol. The van der Waals surface area contributed by atoms with Crippen LogP contribution in [0.2, 0.25) is 5.02 Å². The van der Waals surface area contributed by atoms with Crippen LogP contribution >= 0.6 is 11.6 Å². The highest BCUT2D eigenvalue weighted by Gasteiger charge is 2.08. The van der Waals surface area contributed by atoms with Crippen LogP contribution in [0.5, 0.6) is 0 Å². The van der Waals surface area contributed by atoms with Gasteiger partial charge < -0.3 is 10.5 Å². The highest BCUT2D eigenvalue weighted by atomic mass is 35.5. The first-order valence-corrected chi connectivity index (χ1v) is 5.70. The summed E-state index contributed by atoms with van der Waals surface area (Å²) in [5.41, 5.74) is 2.00. The molecule has 4 nitrogen and oxygen atoms in total. The van der Waals surface area contributed by atoms with E-state index in [1.807, 2.05) is 6.92 Å². The van der Waals surface area contributed by atoms with Crippen LogP contribution in [0.4, 0.5) is 5.69 Å². The second kappa shape index (κ2) is 5.06. The van der Waals surface area contributed by atoms with Gasteiger partial charge in [0, 0.05) is 22.8 Å². The molecule has 18 heavy (non-hydrogen) atoms. The van der Waals surface area contributed by atoms with Crippen molar-refractivity contribution in [3.05, 3.63) is 64.1 Å². The number of amides is 1. The molecular formula is C13H11ClN2O2. The van der Waals surface area contributed by atoms with Crippen LogP contribution in [-0.2, 0) is 0 Å². The molecule has 0 radical (unpaired) electrons. The summed E-state index contributed by atoms with van der Waals surface area (Å²) in [5.74, 6) is -0.263. The van der Waals surface area contributed by atoms with E-state index in [-0.39, 0.29) is 5.91 Å². The number of halogens is 1. The van der Waals surface area contributed by atoms with Gasteiger partial charge in [-0.3, -0.25) is 4.79 Å². The third-order valence-electron chi connectivity index (χ3n) is 2.50. The van der Waals surface area contributed by atoms with E-state index in [0.717, 1.165) is 5.56 Å². The van der Waals surface area contributed by atoms with Gasteiger partial charge in [0.15, 0.2) is 12.4 Å². The minimum atomic E-state index is -0.263. The lowest BCUT2D eigenvalue weighted by Gasteiger charge is -2.08. The highest BCUT2D eigenvalue weighted by Crippen LogP contribution is 2.20. The largest absolute Gasteiger partial charge is 0.619 e. The van der Waals surface area contributed by atoms with Crippen LogP contribution in [0.1, 0.15) is 15.9 Å². The Kier molecular flexibility index (Phi) is 3.48. The fraction of sp³-hybridized carbons (Fsp3) is 0.0769. The molecule has 0 saturated heterocycles. The van der Waals surface area contributed by atoms with Crippen molar-refractivity contribution in [2.75, 3.05) is 5.32 Å².